The van der Waals surface area contributed by atoms with E-state index in [0.717, 1.165) is 5.69 Å². The van der Waals surface area contributed by atoms with E-state index in [-0.39, 0.29) is 11.4 Å². The molecule has 2 aromatic rings. The zero-order chi connectivity index (χ0) is 14.6. The van der Waals surface area contributed by atoms with Crippen molar-refractivity contribution in [3.05, 3.63) is 54.4 Å². The van der Waals surface area contributed by atoms with Gasteiger partial charge < -0.3 is 10.6 Å². The molecule has 20 heavy (non-hydrogen) atoms. The average Bonchev–Trinajstić information content (AvgIpc) is 2.39. The first kappa shape index (κ1) is 14.1. The van der Waals surface area contributed by atoms with Crippen LogP contribution in [0.2, 0.25) is 0 Å². The molecular formula is C16H19N3O. The molecule has 0 radical (unpaired) electrons. The summed E-state index contributed by atoms with van der Waals surface area (Å²) in [6, 6.07) is 11.1. The standard InChI is InChI=1S/C16H19N3O/c1-16(2,3)12-6-8-13(9-7-12)18-15(20)19-14-5-4-10-17-11-14/h4-11H,1-3H3,(H2,18,19,20). The molecule has 4 nitrogen and oxygen atoms in total. The van der Waals surface area contributed by atoms with E-state index in [2.05, 4.69) is 36.4 Å². The molecule has 0 aliphatic rings. The molecule has 1 aromatic heterocycles. The molecule has 1 aromatic carbocycles. The molecule has 0 fully saturated rings. The van der Waals surface area contributed by atoms with Gasteiger partial charge in [-0.3, -0.25) is 4.98 Å². The van der Waals surface area contributed by atoms with Crippen molar-refractivity contribution < 1.29 is 4.79 Å². The fourth-order valence-electron chi connectivity index (χ4n) is 1.78. The summed E-state index contributed by atoms with van der Waals surface area (Å²) >= 11 is 0. The normalized spacial score (nSPS) is 10.9. The molecule has 2 N–H and O–H groups in total. The van der Waals surface area contributed by atoms with Crippen LogP contribution in [0, 0.1) is 0 Å². The summed E-state index contributed by atoms with van der Waals surface area (Å²) in [6.45, 7) is 6.47. The number of aromatic nitrogens is 1. The van der Waals surface area contributed by atoms with Crippen molar-refractivity contribution in [3.63, 3.8) is 0 Å². The summed E-state index contributed by atoms with van der Waals surface area (Å²) in [7, 11) is 0. The number of hydrogen-bond donors (Lipinski definition) is 2. The number of hydrogen-bond acceptors (Lipinski definition) is 2. The molecule has 0 unspecified atom stereocenters. The molecular weight excluding hydrogens is 250 g/mol. The number of urea groups is 1. The first-order chi connectivity index (χ1) is 9.45. The van der Waals surface area contributed by atoms with Crippen molar-refractivity contribution in [2.45, 2.75) is 26.2 Å². The van der Waals surface area contributed by atoms with Crippen LogP contribution >= 0.6 is 0 Å². The quantitative estimate of drug-likeness (QED) is 0.865. The van der Waals surface area contributed by atoms with Crippen LogP contribution in [0.3, 0.4) is 0 Å². The lowest BCUT2D eigenvalue weighted by molar-refractivity contribution is 0.262. The van der Waals surface area contributed by atoms with Crippen LogP contribution in [0.15, 0.2) is 48.8 Å². The highest BCUT2D eigenvalue weighted by atomic mass is 16.2. The Bertz CT molecular complexity index is 571. The zero-order valence-electron chi connectivity index (χ0n) is 12.0. The number of pyridine rings is 1. The first-order valence-corrected chi connectivity index (χ1v) is 6.54. The van der Waals surface area contributed by atoms with Crippen molar-refractivity contribution in [1.82, 2.24) is 4.98 Å². The molecule has 0 saturated heterocycles. The molecule has 0 aliphatic heterocycles. The third kappa shape index (κ3) is 3.82. The van der Waals surface area contributed by atoms with Gasteiger partial charge in [0, 0.05) is 11.9 Å². The number of benzene rings is 1. The summed E-state index contributed by atoms with van der Waals surface area (Å²) in [6.07, 6.45) is 3.26. The minimum atomic E-state index is -0.276. The molecule has 0 spiro atoms. The van der Waals surface area contributed by atoms with E-state index in [9.17, 15) is 4.79 Å². The molecule has 0 atom stereocenters. The van der Waals surface area contributed by atoms with E-state index >= 15 is 0 Å². The lowest BCUT2D eigenvalue weighted by Crippen LogP contribution is -2.19. The Morgan fingerprint density at radius 2 is 1.65 bits per heavy atom. The zero-order valence-corrected chi connectivity index (χ0v) is 12.0. The van der Waals surface area contributed by atoms with Crippen LogP contribution in [0.5, 0.6) is 0 Å². The number of carbonyl (C=O) groups is 1. The summed E-state index contributed by atoms with van der Waals surface area (Å²) in [5.74, 6) is 0. The van der Waals surface area contributed by atoms with E-state index < -0.39 is 0 Å². The molecule has 2 rings (SSSR count). The monoisotopic (exact) mass is 269 g/mol. The van der Waals surface area contributed by atoms with E-state index in [4.69, 9.17) is 0 Å². The molecule has 4 heteroatoms. The highest BCUT2D eigenvalue weighted by Gasteiger charge is 2.13. The Hall–Kier alpha value is -2.36. The van der Waals surface area contributed by atoms with Gasteiger partial charge in [0.15, 0.2) is 0 Å². The predicted molar refractivity (Wildman–Crippen MR) is 82.0 cm³/mol. The van der Waals surface area contributed by atoms with Gasteiger partial charge in [-0.15, -0.1) is 0 Å². The van der Waals surface area contributed by atoms with Crippen molar-refractivity contribution in [1.29, 1.82) is 0 Å². The number of amides is 2. The van der Waals surface area contributed by atoms with Crippen molar-refractivity contribution in [2.75, 3.05) is 10.6 Å². The van der Waals surface area contributed by atoms with E-state index in [0.29, 0.717) is 5.69 Å². The van der Waals surface area contributed by atoms with Crippen LogP contribution < -0.4 is 10.6 Å². The minimum Gasteiger partial charge on any atom is -0.308 e. The fourth-order valence-corrected chi connectivity index (χ4v) is 1.78. The van der Waals surface area contributed by atoms with Gasteiger partial charge in [-0.1, -0.05) is 32.9 Å². The molecule has 1 heterocycles. The van der Waals surface area contributed by atoms with Gasteiger partial charge in [-0.25, -0.2) is 4.79 Å². The van der Waals surface area contributed by atoms with Crippen molar-refractivity contribution in [2.24, 2.45) is 0 Å². The topological polar surface area (TPSA) is 54.0 Å². The van der Waals surface area contributed by atoms with Gasteiger partial charge >= 0.3 is 6.03 Å². The maximum atomic E-state index is 11.8. The number of nitrogens with zero attached hydrogens (tertiary/aromatic N) is 1. The van der Waals surface area contributed by atoms with Gasteiger partial charge in [0.25, 0.3) is 0 Å². The molecule has 2 amide bonds. The summed E-state index contributed by atoms with van der Waals surface area (Å²) in [5.41, 5.74) is 2.77. The second-order valence-electron chi connectivity index (χ2n) is 5.65. The Balaban J connectivity index is 1.98. The largest absolute Gasteiger partial charge is 0.323 e. The first-order valence-electron chi connectivity index (χ1n) is 6.54. The maximum Gasteiger partial charge on any atom is 0.323 e. The van der Waals surface area contributed by atoms with Crippen LogP contribution in [0.25, 0.3) is 0 Å². The van der Waals surface area contributed by atoms with Crippen LogP contribution in [0.4, 0.5) is 16.2 Å². The Morgan fingerprint density at radius 1 is 1.00 bits per heavy atom. The van der Waals surface area contributed by atoms with Gasteiger partial charge in [-0.2, -0.15) is 0 Å². The second kappa shape index (κ2) is 5.74. The van der Waals surface area contributed by atoms with E-state index in [1.54, 1.807) is 24.5 Å². The molecule has 0 aliphatic carbocycles. The van der Waals surface area contributed by atoms with E-state index in [1.807, 2.05) is 24.3 Å². The Morgan fingerprint density at radius 3 is 2.20 bits per heavy atom. The third-order valence-electron chi connectivity index (χ3n) is 2.93. The highest BCUT2D eigenvalue weighted by Crippen LogP contribution is 2.23. The predicted octanol–water partition coefficient (Wildman–Crippen LogP) is 4.02. The van der Waals surface area contributed by atoms with Crippen LogP contribution in [-0.2, 0) is 5.41 Å². The Labute approximate surface area is 119 Å². The SMILES string of the molecule is CC(C)(C)c1ccc(NC(=O)Nc2cccnc2)cc1. The van der Waals surface area contributed by atoms with Gasteiger partial charge in [-0.05, 0) is 35.2 Å². The fraction of sp³-hybridized carbons (Fsp3) is 0.250. The smallest absolute Gasteiger partial charge is 0.308 e. The molecule has 0 saturated carbocycles. The number of nitrogens with one attached hydrogen (secondary N) is 2. The minimum absolute atomic E-state index is 0.108. The summed E-state index contributed by atoms with van der Waals surface area (Å²) in [4.78, 5) is 15.8. The van der Waals surface area contributed by atoms with Crippen molar-refractivity contribution >= 4 is 17.4 Å². The summed E-state index contributed by atoms with van der Waals surface area (Å²) < 4.78 is 0. The van der Waals surface area contributed by atoms with Gasteiger partial charge in [0.05, 0.1) is 11.9 Å². The van der Waals surface area contributed by atoms with Gasteiger partial charge in [0.1, 0.15) is 0 Å². The number of anilines is 2. The second-order valence-corrected chi connectivity index (χ2v) is 5.65. The summed E-state index contributed by atoms with van der Waals surface area (Å²) in [5, 5.41) is 5.51. The molecule has 104 valence electrons. The van der Waals surface area contributed by atoms with Crippen molar-refractivity contribution in [3.8, 4) is 0 Å². The van der Waals surface area contributed by atoms with E-state index in [1.165, 1.54) is 5.56 Å². The Kier molecular flexibility index (Phi) is 4.03. The molecule has 0 bridgehead atoms. The van der Waals surface area contributed by atoms with Crippen LogP contribution in [0.1, 0.15) is 26.3 Å². The van der Waals surface area contributed by atoms with Gasteiger partial charge in [0.2, 0.25) is 0 Å². The maximum absolute atomic E-state index is 11.8. The third-order valence-corrected chi connectivity index (χ3v) is 2.93. The lowest BCUT2D eigenvalue weighted by atomic mass is 9.87. The number of carbonyl (C=O) groups excluding carboxylic acids is 1. The highest BCUT2D eigenvalue weighted by molar-refractivity contribution is 5.99. The number of rotatable bonds is 2. The van der Waals surface area contributed by atoms with Crippen LogP contribution in [-0.4, -0.2) is 11.0 Å². The average molecular weight is 269 g/mol. The lowest BCUT2D eigenvalue weighted by Gasteiger charge is -2.19.